The standard InChI is InChI=1S/C24H28N2O3/c1-23(2,3)29-22(28)24(17-26(24)15-19-12-8-5-9-13-19)21(27)20-16-25(20)14-18-10-6-4-7-11-18/h4-13,20H,14-17H2,1-3H3. The lowest BCUT2D eigenvalue weighted by Gasteiger charge is -2.24. The topological polar surface area (TPSA) is 49.4 Å². The smallest absolute Gasteiger partial charge is 0.336 e. The van der Waals surface area contributed by atoms with Crippen LogP contribution in [0.1, 0.15) is 31.9 Å². The first kappa shape index (κ1) is 19.8. The monoisotopic (exact) mass is 392 g/mol. The van der Waals surface area contributed by atoms with Gasteiger partial charge in [-0.3, -0.25) is 14.6 Å². The molecule has 2 aliphatic heterocycles. The van der Waals surface area contributed by atoms with Gasteiger partial charge in [-0.1, -0.05) is 60.7 Å². The Morgan fingerprint density at radius 2 is 1.52 bits per heavy atom. The fourth-order valence-corrected chi connectivity index (χ4v) is 3.82. The highest BCUT2D eigenvalue weighted by Gasteiger charge is 2.69. The maximum absolute atomic E-state index is 13.4. The summed E-state index contributed by atoms with van der Waals surface area (Å²) in [7, 11) is 0. The van der Waals surface area contributed by atoms with Crippen LogP contribution >= 0.6 is 0 Å². The third kappa shape index (κ3) is 4.26. The van der Waals surface area contributed by atoms with Crippen molar-refractivity contribution in [3.8, 4) is 0 Å². The van der Waals surface area contributed by atoms with E-state index in [4.69, 9.17) is 4.74 Å². The number of ketones is 1. The second-order valence-corrected chi connectivity index (χ2v) is 9.00. The third-order valence-corrected chi connectivity index (χ3v) is 5.46. The van der Waals surface area contributed by atoms with Crippen LogP contribution in [0.4, 0.5) is 0 Å². The normalized spacial score (nSPS) is 27.9. The van der Waals surface area contributed by atoms with E-state index >= 15 is 0 Å². The van der Waals surface area contributed by atoms with Crippen LogP contribution in [0.2, 0.25) is 0 Å². The fourth-order valence-electron chi connectivity index (χ4n) is 3.82. The van der Waals surface area contributed by atoms with Crippen molar-refractivity contribution >= 4 is 11.8 Å². The molecule has 0 aromatic heterocycles. The Hall–Kier alpha value is -2.50. The zero-order valence-corrected chi connectivity index (χ0v) is 17.3. The van der Waals surface area contributed by atoms with Gasteiger partial charge in [0.15, 0.2) is 11.3 Å². The van der Waals surface area contributed by atoms with E-state index in [0.717, 1.165) is 12.1 Å². The van der Waals surface area contributed by atoms with Crippen molar-refractivity contribution in [1.29, 1.82) is 0 Å². The molecule has 0 N–H and O–H groups in total. The molecule has 4 rings (SSSR count). The number of rotatable bonds is 7. The highest BCUT2D eigenvalue weighted by atomic mass is 16.6. The summed E-state index contributed by atoms with van der Waals surface area (Å²) >= 11 is 0. The van der Waals surface area contributed by atoms with Gasteiger partial charge in [-0.2, -0.15) is 0 Å². The minimum absolute atomic E-state index is 0.0291. The summed E-state index contributed by atoms with van der Waals surface area (Å²) in [4.78, 5) is 30.6. The average molecular weight is 392 g/mol. The van der Waals surface area contributed by atoms with Crippen LogP contribution in [-0.2, 0) is 27.4 Å². The summed E-state index contributed by atoms with van der Waals surface area (Å²) in [6, 6.07) is 19.8. The van der Waals surface area contributed by atoms with Gasteiger partial charge in [-0.25, -0.2) is 4.79 Å². The van der Waals surface area contributed by atoms with Gasteiger partial charge in [0.05, 0.1) is 6.04 Å². The van der Waals surface area contributed by atoms with Crippen molar-refractivity contribution < 1.29 is 14.3 Å². The molecule has 5 heteroatoms. The van der Waals surface area contributed by atoms with Gasteiger partial charge in [0, 0.05) is 26.2 Å². The Kier molecular flexibility index (Phi) is 5.05. The number of benzene rings is 2. The van der Waals surface area contributed by atoms with Gasteiger partial charge in [-0.05, 0) is 31.9 Å². The van der Waals surface area contributed by atoms with E-state index < -0.39 is 17.1 Å². The van der Waals surface area contributed by atoms with Crippen LogP contribution in [-0.4, -0.2) is 51.8 Å². The van der Waals surface area contributed by atoms with Gasteiger partial charge >= 0.3 is 5.97 Å². The summed E-state index contributed by atoms with van der Waals surface area (Å²) in [5.74, 6) is -0.448. The first-order chi connectivity index (χ1) is 13.8. The molecule has 5 nitrogen and oxygen atoms in total. The molecule has 0 spiro atoms. The van der Waals surface area contributed by atoms with E-state index in [-0.39, 0.29) is 11.8 Å². The molecule has 2 aliphatic rings. The number of Topliss-reactive ketones (excluding diaryl/α,β-unsaturated/α-hetero) is 1. The first-order valence-electron chi connectivity index (χ1n) is 10.1. The molecule has 0 aliphatic carbocycles. The van der Waals surface area contributed by atoms with Crippen molar-refractivity contribution in [3.63, 3.8) is 0 Å². The molecule has 2 aromatic carbocycles. The largest absolute Gasteiger partial charge is 0.458 e. The lowest BCUT2D eigenvalue weighted by atomic mass is 10.0. The summed E-state index contributed by atoms with van der Waals surface area (Å²) in [6.45, 7) is 7.92. The second-order valence-electron chi connectivity index (χ2n) is 9.00. The number of carbonyl (C=O) groups excluding carboxylic acids is 2. The number of hydrogen-bond acceptors (Lipinski definition) is 5. The Bertz CT molecular complexity index is 891. The maximum atomic E-state index is 13.4. The van der Waals surface area contributed by atoms with E-state index in [9.17, 15) is 9.59 Å². The molecule has 2 aromatic rings. The maximum Gasteiger partial charge on any atom is 0.336 e. The summed E-state index contributed by atoms with van der Waals surface area (Å²) in [5, 5.41) is 0. The minimum atomic E-state index is -1.15. The molecule has 2 heterocycles. The quantitative estimate of drug-likeness (QED) is 0.412. The highest BCUT2D eigenvalue weighted by molar-refractivity contribution is 6.15. The lowest BCUT2D eigenvalue weighted by molar-refractivity contribution is -0.161. The zero-order chi connectivity index (χ0) is 20.6. The Morgan fingerprint density at radius 1 is 0.966 bits per heavy atom. The van der Waals surface area contributed by atoms with Crippen LogP contribution in [0, 0.1) is 0 Å². The van der Waals surface area contributed by atoms with Crippen LogP contribution in [0.25, 0.3) is 0 Å². The summed E-state index contributed by atoms with van der Waals surface area (Å²) in [6.07, 6.45) is 0. The molecular formula is C24H28N2O3. The van der Waals surface area contributed by atoms with E-state index in [2.05, 4.69) is 17.0 Å². The van der Waals surface area contributed by atoms with Gasteiger partial charge in [0.1, 0.15) is 5.60 Å². The molecule has 4 unspecified atom stereocenters. The number of ether oxygens (including phenoxy) is 1. The predicted octanol–water partition coefficient (Wildman–Crippen LogP) is 3.04. The zero-order valence-electron chi connectivity index (χ0n) is 17.3. The highest BCUT2D eigenvalue weighted by Crippen LogP contribution is 2.41. The van der Waals surface area contributed by atoms with Crippen LogP contribution in [0.3, 0.4) is 0 Å². The Balaban J connectivity index is 1.49. The first-order valence-corrected chi connectivity index (χ1v) is 10.1. The van der Waals surface area contributed by atoms with E-state index in [1.807, 2.05) is 74.2 Å². The SMILES string of the molecule is CC(C)(C)OC(=O)C1(C(=O)C2CN2Cc2ccccc2)CN1Cc1ccccc1. The molecule has 0 bridgehead atoms. The Labute approximate surface area is 172 Å². The van der Waals surface area contributed by atoms with Gasteiger partial charge in [0.25, 0.3) is 0 Å². The van der Waals surface area contributed by atoms with Crippen molar-refractivity contribution in [1.82, 2.24) is 9.80 Å². The third-order valence-electron chi connectivity index (χ3n) is 5.46. The number of nitrogens with zero attached hydrogens (tertiary/aromatic N) is 2. The molecule has 152 valence electrons. The van der Waals surface area contributed by atoms with Gasteiger partial charge in [0.2, 0.25) is 0 Å². The second kappa shape index (κ2) is 7.39. The van der Waals surface area contributed by atoms with Crippen molar-refractivity contribution in [2.75, 3.05) is 13.1 Å². The lowest BCUT2D eigenvalue weighted by Crippen LogP contribution is -2.45. The van der Waals surface area contributed by atoms with Crippen molar-refractivity contribution in [3.05, 3.63) is 71.8 Å². The molecule has 0 radical (unpaired) electrons. The van der Waals surface area contributed by atoms with Gasteiger partial charge in [-0.15, -0.1) is 0 Å². The molecule has 4 atom stereocenters. The minimum Gasteiger partial charge on any atom is -0.458 e. The Morgan fingerprint density at radius 3 is 2.07 bits per heavy atom. The van der Waals surface area contributed by atoms with Crippen molar-refractivity contribution in [2.24, 2.45) is 0 Å². The predicted molar refractivity (Wildman–Crippen MR) is 111 cm³/mol. The fraction of sp³-hybridized carbons (Fsp3) is 0.417. The molecule has 0 saturated carbocycles. The van der Waals surface area contributed by atoms with Crippen LogP contribution in [0.15, 0.2) is 60.7 Å². The van der Waals surface area contributed by atoms with Crippen LogP contribution < -0.4 is 0 Å². The molecule has 2 saturated heterocycles. The number of carbonyl (C=O) groups is 2. The van der Waals surface area contributed by atoms with E-state index in [0.29, 0.717) is 19.6 Å². The van der Waals surface area contributed by atoms with E-state index in [1.165, 1.54) is 5.56 Å². The number of esters is 1. The molecule has 2 fully saturated rings. The summed E-state index contributed by atoms with van der Waals surface area (Å²) < 4.78 is 5.67. The molecular weight excluding hydrogens is 364 g/mol. The van der Waals surface area contributed by atoms with Gasteiger partial charge < -0.3 is 4.74 Å². The summed E-state index contributed by atoms with van der Waals surface area (Å²) in [5.41, 5.74) is 0.478. The molecule has 29 heavy (non-hydrogen) atoms. The van der Waals surface area contributed by atoms with E-state index in [1.54, 1.807) is 0 Å². The van der Waals surface area contributed by atoms with Crippen LogP contribution in [0.5, 0.6) is 0 Å². The average Bonchev–Trinajstić information content (AvgIpc) is 3.58. The number of hydrogen-bond donors (Lipinski definition) is 0. The van der Waals surface area contributed by atoms with Crippen molar-refractivity contribution in [2.45, 2.75) is 51.0 Å². The molecule has 0 amide bonds.